The van der Waals surface area contributed by atoms with Crippen LogP contribution >= 0.6 is 0 Å². The summed E-state index contributed by atoms with van der Waals surface area (Å²) in [6.45, 7) is 5.05. The Morgan fingerprint density at radius 2 is 2.00 bits per heavy atom. The molecule has 1 aliphatic carbocycles. The van der Waals surface area contributed by atoms with Crippen LogP contribution in [0, 0.1) is 0 Å². The number of rotatable bonds is 6. The van der Waals surface area contributed by atoms with Crippen molar-refractivity contribution in [3.05, 3.63) is 11.8 Å². The lowest BCUT2D eigenvalue weighted by atomic mass is 10.3. The molecule has 7 heteroatoms. The summed E-state index contributed by atoms with van der Waals surface area (Å²) in [5.74, 6) is 0.409. The van der Waals surface area contributed by atoms with Crippen LogP contribution in [0.4, 0.5) is 24.9 Å². The molecule has 1 aromatic rings. The average molecular weight is 288 g/mol. The van der Waals surface area contributed by atoms with Crippen molar-refractivity contribution < 1.29 is 13.2 Å². The summed E-state index contributed by atoms with van der Waals surface area (Å²) in [6, 6.07) is 1.36. The van der Waals surface area contributed by atoms with Crippen molar-refractivity contribution in [2.24, 2.45) is 0 Å². The van der Waals surface area contributed by atoms with Gasteiger partial charge < -0.3 is 10.2 Å². The van der Waals surface area contributed by atoms with Crippen LogP contribution in [0.25, 0.3) is 0 Å². The molecule has 1 saturated carbocycles. The molecule has 0 saturated heterocycles. The summed E-state index contributed by atoms with van der Waals surface area (Å²) in [7, 11) is 0. The average Bonchev–Trinajstić information content (AvgIpc) is 3.20. The summed E-state index contributed by atoms with van der Waals surface area (Å²) in [4.78, 5) is 9.70. The second kappa shape index (κ2) is 5.85. The number of alkyl halides is 3. The van der Waals surface area contributed by atoms with E-state index in [0.717, 1.165) is 25.3 Å². The molecule has 1 N–H and O–H groups in total. The lowest BCUT2D eigenvalue weighted by molar-refractivity contribution is -0.141. The molecule has 20 heavy (non-hydrogen) atoms. The normalized spacial score (nSPS) is 15.2. The van der Waals surface area contributed by atoms with Gasteiger partial charge in [0.1, 0.15) is 5.82 Å². The molecule has 0 aromatic carbocycles. The first-order chi connectivity index (χ1) is 9.45. The maximum absolute atomic E-state index is 12.9. The fourth-order valence-corrected chi connectivity index (χ4v) is 2.04. The van der Waals surface area contributed by atoms with Crippen LogP contribution in [0.5, 0.6) is 0 Å². The quantitative estimate of drug-likeness (QED) is 0.872. The van der Waals surface area contributed by atoms with E-state index in [1.807, 2.05) is 18.7 Å². The fourth-order valence-electron chi connectivity index (χ4n) is 2.04. The lowest BCUT2D eigenvalue weighted by Crippen LogP contribution is -2.27. The molecule has 1 aromatic heterocycles. The minimum atomic E-state index is -4.46. The smallest absolute Gasteiger partial charge is 0.354 e. The van der Waals surface area contributed by atoms with E-state index >= 15 is 0 Å². The molecule has 0 radical (unpaired) electrons. The van der Waals surface area contributed by atoms with E-state index in [4.69, 9.17) is 0 Å². The first-order valence-electron chi connectivity index (χ1n) is 6.92. The number of nitrogens with one attached hydrogen (secondary N) is 1. The van der Waals surface area contributed by atoms with Gasteiger partial charge >= 0.3 is 6.18 Å². The number of hydrogen-bond acceptors (Lipinski definition) is 4. The van der Waals surface area contributed by atoms with Crippen molar-refractivity contribution in [2.75, 3.05) is 23.3 Å². The third-order valence-electron chi connectivity index (χ3n) is 3.16. The molecule has 1 aliphatic rings. The maximum atomic E-state index is 12.9. The van der Waals surface area contributed by atoms with Crippen molar-refractivity contribution in [1.29, 1.82) is 0 Å². The fraction of sp³-hybridized carbons (Fsp3) is 0.692. The first-order valence-corrected chi connectivity index (χ1v) is 6.92. The van der Waals surface area contributed by atoms with E-state index < -0.39 is 11.9 Å². The molecule has 0 amide bonds. The van der Waals surface area contributed by atoms with Crippen molar-refractivity contribution in [3.63, 3.8) is 0 Å². The zero-order valence-electron chi connectivity index (χ0n) is 11.7. The molecule has 0 spiro atoms. The highest BCUT2D eigenvalue weighted by Gasteiger charge is 2.36. The predicted octanol–water partition coefficient (Wildman–Crippen LogP) is 3.31. The summed E-state index contributed by atoms with van der Waals surface area (Å²) < 4.78 is 38.8. The van der Waals surface area contributed by atoms with Gasteiger partial charge in [0.2, 0.25) is 5.95 Å². The van der Waals surface area contributed by atoms with Gasteiger partial charge in [0.05, 0.1) is 0 Å². The zero-order chi connectivity index (χ0) is 14.8. The van der Waals surface area contributed by atoms with Crippen LogP contribution in [0.3, 0.4) is 0 Å². The van der Waals surface area contributed by atoms with Gasteiger partial charge in [0, 0.05) is 25.2 Å². The van der Waals surface area contributed by atoms with Crippen molar-refractivity contribution in [1.82, 2.24) is 9.97 Å². The van der Waals surface area contributed by atoms with Crippen molar-refractivity contribution in [2.45, 2.75) is 45.3 Å². The molecule has 1 heterocycles. The molecule has 2 rings (SSSR count). The number of halogens is 3. The number of anilines is 2. The van der Waals surface area contributed by atoms with E-state index in [9.17, 15) is 13.2 Å². The Morgan fingerprint density at radius 3 is 2.50 bits per heavy atom. The molecular weight excluding hydrogens is 269 g/mol. The third-order valence-corrected chi connectivity index (χ3v) is 3.16. The summed E-state index contributed by atoms with van der Waals surface area (Å²) in [5, 5.41) is 2.84. The van der Waals surface area contributed by atoms with E-state index in [0.29, 0.717) is 24.9 Å². The molecular formula is C13H19F3N4. The highest BCUT2D eigenvalue weighted by Crippen LogP contribution is 2.34. The van der Waals surface area contributed by atoms with Gasteiger partial charge in [0.15, 0.2) is 5.69 Å². The zero-order valence-corrected chi connectivity index (χ0v) is 11.7. The predicted molar refractivity (Wildman–Crippen MR) is 71.9 cm³/mol. The molecule has 1 fully saturated rings. The van der Waals surface area contributed by atoms with Crippen LogP contribution in [-0.2, 0) is 6.18 Å². The Hall–Kier alpha value is -1.53. The second-order valence-electron chi connectivity index (χ2n) is 4.88. The van der Waals surface area contributed by atoms with E-state index in [2.05, 4.69) is 15.3 Å². The summed E-state index contributed by atoms with van der Waals surface area (Å²) in [6.07, 6.45) is -1.63. The van der Waals surface area contributed by atoms with Crippen LogP contribution < -0.4 is 10.2 Å². The van der Waals surface area contributed by atoms with Crippen molar-refractivity contribution >= 4 is 11.8 Å². The number of nitrogens with zero attached hydrogens (tertiary/aromatic N) is 3. The molecule has 4 nitrogen and oxygen atoms in total. The highest BCUT2D eigenvalue weighted by molar-refractivity contribution is 5.47. The van der Waals surface area contributed by atoms with E-state index in [-0.39, 0.29) is 5.95 Å². The Kier molecular flexibility index (Phi) is 4.35. The maximum Gasteiger partial charge on any atom is 0.433 e. The Bertz CT molecular complexity index is 457. The van der Waals surface area contributed by atoms with Gasteiger partial charge in [-0.1, -0.05) is 6.92 Å². The van der Waals surface area contributed by atoms with Crippen LogP contribution in [0.15, 0.2) is 6.07 Å². The van der Waals surface area contributed by atoms with Gasteiger partial charge in [-0.05, 0) is 26.2 Å². The Balaban J connectivity index is 2.33. The van der Waals surface area contributed by atoms with Crippen LogP contribution in [0.1, 0.15) is 38.8 Å². The minimum absolute atomic E-state index is 0.0516. The monoisotopic (exact) mass is 288 g/mol. The van der Waals surface area contributed by atoms with Crippen molar-refractivity contribution in [3.8, 4) is 0 Å². The van der Waals surface area contributed by atoms with E-state index in [1.165, 1.54) is 0 Å². The topological polar surface area (TPSA) is 41.1 Å². The molecule has 0 bridgehead atoms. The van der Waals surface area contributed by atoms with Gasteiger partial charge in [-0.3, -0.25) is 0 Å². The largest absolute Gasteiger partial charge is 0.433 e. The molecule has 0 unspecified atom stereocenters. The molecule has 112 valence electrons. The summed E-state index contributed by atoms with van der Waals surface area (Å²) >= 11 is 0. The third kappa shape index (κ3) is 3.52. The van der Waals surface area contributed by atoms with Crippen LogP contribution in [-0.4, -0.2) is 29.1 Å². The van der Waals surface area contributed by atoms with Gasteiger partial charge in [-0.15, -0.1) is 0 Å². The lowest BCUT2D eigenvalue weighted by Gasteiger charge is -2.23. The Labute approximate surface area is 116 Å². The minimum Gasteiger partial charge on any atom is -0.354 e. The summed E-state index contributed by atoms with van der Waals surface area (Å²) in [5.41, 5.74) is -0.889. The molecule has 0 aliphatic heterocycles. The first kappa shape index (κ1) is 14.9. The van der Waals surface area contributed by atoms with Gasteiger partial charge in [-0.25, -0.2) is 4.98 Å². The SMILES string of the molecule is CCCNc1nc(N(CC)C2CC2)cc(C(F)(F)F)n1. The standard InChI is InChI=1S/C13H19F3N4/c1-3-7-17-12-18-10(13(14,15)16)8-11(19-12)20(4-2)9-5-6-9/h8-9H,3-7H2,1-2H3,(H,17,18,19). The Morgan fingerprint density at radius 1 is 1.30 bits per heavy atom. The van der Waals surface area contributed by atoms with E-state index in [1.54, 1.807) is 0 Å². The van der Waals surface area contributed by atoms with Crippen LogP contribution in [0.2, 0.25) is 0 Å². The molecule has 0 atom stereocenters. The second-order valence-corrected chi connectivity index (χ2v) is 4.88. The number of aromatic nitrogens is 2. The van der Waals surface area contributed by atoms with Gasteiger partial charge in [0.25, 0.3) is 0 Å². The highest BCUT2D eigenvalue weighted by atomic mass is 19.4. The number of hydrogen-bond donors (Lipinski definition) is 1. The van der Waals surface area contributed by atoms with Gasteiger partial charge in [-0.2, -0.15) is 18.2 Å².